The number of hydrogen-bond donors (Lipinski definition) is 1. The SMILES string of the molecule is O=Cc1cccn(-c2nc3ccccc3[nH]2)c1=O. The summed E-state index contributed by atoms with van der Waals surface area (Å²) in [7, 11) is 0. The van der Waals surface area contributed by atoms with Crippen molar-refractivity contribution in [3.8, 4) is 5.95 Å². The van der Waals surface area contributed by atoms with Crippen LogP contribution in [0.4, 0.5) is 0 Å². The van der Waals surface area contributed by atoms with E-state index in [0.29, 0.717) is 12.2 Å². The van der Waals surface area contributed by atoms with Crippen molar-refractivity contribution < 1.29 is 4.79 Å². The lowest BCUT2D eigenvalue weighted by atomic mass is 10.3. The molecule has 0 aliphatic heterocycles. The van der Waals surface area contributed by atoms with Crippen LogP contribution in [0.25, 0.3) is 17.0 Å². The highest BCUT2D eigenvalue weighted by Crippen LogP contribution is 2.11. The molecule has 1 N–H and O–H groups in total. The lowest BCUT2D eigenvalue weighted by Gasteiger charge is -2.00. The minimum Gasteiger partial charge on any atom is -0.323 e. The van der Waals surface area contributed by atoms with Crippen molar-refractivity contribution in [1.82, 2.24) is 14.5 Å². The Hall–Kier alpha value is -2.69. The zero-order valence-corrected chi connectivity index (χ0v) is 9.33. The number of hydrogen-bond acceptors (Lipinski definition) is 3. The third-order valence-electron chi connectivity index (χ3n) is 2.71. The first kappa shape index (κ1) is 10.5. The molecule has 0 amide bonds. The number of para-hydroxylation sites is 2. The normalized spacial score (nSPS) is 10.7. The van der Waals surface area contributed by atoms with Gasteiger partial charge in [0, 0.05) is 6.20 Å². The number of carbonyl (C=O) groups excluding carboxylic acids is 1. The molecule has 0 bridgehead atoms. The molecule has 0 fully saturated rings. The Kier molecular flexibility index (Phi) is 2.30. The van der Waals surface area contributed by atoms with Gasteiger partial charge in [0.05, 0.1) is 16.6 Å². The van der Waals surface area contributed by atoms with Crippen LogP contribution in [-0.2, 0) is 0 Å². The number of H-pyrrole nitrogens is 1. The molecule has 0 saturated heterocycles. The average molecular weight is 239 g/mol. The zero-order valence-electron chi connectivity index (χ0n) is 9.33. The van der Waals surface area contributed by atoms with Crippen molar-refractivity contribution in [3.05, 3.63) is 58.5 Å². The van der Waals surface area contributed by atoms with Gasteiger partial charge < -0.3 is 4.98 Å². The lowest BCUT2D eigenvalue weighted by molar-refractivity contribution is 0.112. The summed E-state index contributed by atoms with van der Waals surface area (Å²) in [6.45, 7) is 0. The van der Waals surface area contributed by atoms with E-state index in [1.807, 2.05) is 24.3 Å². The number of pyridine rings is 1. The van der Waals surface area contributed by atoms with E-state index in [-0.39, 0.29) is 11.1 Å². The van der Waals surface area contributed by atoms with E-state index in [1.165, 1.54) is 10.6 Å². The predicted molar refractivity (Wildman–Crippen MR) is 67.1 cm³/mol. The molecule has 0 unspecified atom stereocenters. The first-order chi connectivity index (χ1) is 8.79. The standard InChI is InChI=1S/C13H9N3O2/c17-8-9-4-3-7-16(12(9)18)13-14-10-5-1-2-6-11(10)15-13/h1-8H,(H,14,15). The number of imidazole rings is 1. The Morgan fingerprint density at radius 2 is 2.00 bits per heavy atom. The molecule has 88 valence electrons. The van der Waals surface area contributed by atoms with Crippen molar-refractivity contribution in [1.29, 1.82) is 0 Å². The summed E-state index contributed by atoms with van der Waals surface area (Å²) < 4.78 is 1.32. The number of rotatable bonds is 2. The number of fused-ring (bicyclic) bond motifs is 1. The summed E-state index contributed by atoms with van der Waals surface area (Å²) in [5.74, 6) is 0.407. The van der Waals surface area contributed by atoms with Crippen molar-refractivity contribution in [3.63, 3.8) is 0 Å². The Balaban J connectivity index is 2.26. The van der Waals surface area contributed by atoms with E-state index >= 15 is 0 Å². The molecule has 0 aliphatic carbocycles. The van der Waals surface area contributed by atoms with Gasteiger partial charge in [0.25, 0.3) is 5.56 Å². The van der Waals surface area contributed by atoms with Crippen molar-refractivity contribution >= 4 is 17.3 Å². The Bertz CT molecular complexity index is 753. The number of nitrogens with zero attached hydrogens (tertiary/aromatic N) is 2. The monoisotopic (exact) mass is 239 g/mol. The summed E-state index contributed by atoms with van der Waals surface area (Å²) >= 11 is 0. The van der Waals surface area contributed by atoms with E-state index in [0.717, 1.165) is 11.0 Å². The van der Waals surface area contributed by atoms with Crippen LogP contribution in [0.2, 0.25) is 0 Å². The summed E-state index contributed by atoms with van der Waals surface area (Å²) in [6, 6.07) is 10.6. The molecule has 0 spiro atoms. The second-order valence-corrected chi connectivity index (χ2v) is 3.83. The highest BCUT2D eigenvalue weighted by atomic mass is 16.1. The largest absolute Gasteiger partial charge is 0.323 e. The molecule has 5 nitrogen and oxygen atoms in total. The van der Waals surface area contributed by atoms with Gasteiger partial charge in [-0.3, -0.25) is 14.2 Å². The number of aromatic amines is 1. The van der Waals surface area contributed by atoms with Crippen molar-refractivity contribution in [2.45, 2.75) is 0 Å². The van der Waals surface area contributed by atoms with Gasteiger partial charge in [0.1, 0.15) is 0 Å². The maximum Gasteiger partial charge on any atom is 0.268 e. The van der Waals surface area contributed by atoms with E-state index in [1.54, 1.807) is 12.3 Å². The fourth-order valence-corrected chi connectivity index (χ4v) is 1.82. The molecule has 18 heavy (non-hydrogen) atoms. The molecule has 3 rings (SSSR count). The molecular weight excluding hydrogens is 230 g/mol. The maximum atomic E-state index is 11.9. The Labute approximate surface area is 102 Å². The fourth-order valence-electron chi connectivity index (χ4n) is 1.82. The second kappa shape index (κ2) is 3.96. The van der Waals surface area contributed by atoms with E-state index < -0.39 is 0 Å². The third-order valence-corrected chi connectivity index (χ3v) is 2.71. The third kappa shape index (κ3) is 1.53. The van der Waals surface area contributed by atoms with Gasteiger partial charge in [-0.2, -0.15) is 0 Å². The van der Waals surface area contributed by atoms with Crippen molar-refractivity contribution in [2.75, 3.05) is 0 Å². The number of nitrogens with one attached hydrogen (secondary N) is 1. The van der Waals surface area contributed by atoms with Crippen LogP contribution in [0.5, 0.6) is 0 Å². The van der Waals surface area contributed by atoms with Gasteiger partial charge in [-0.15, -0.1) is 0 Å². The van der Waals surface area contributed by atoms with Crippen LogP contribution in [0.3, 0.4) is 0 Å². The first-order valence-electron chi connectivity index (χ1n) is 5.41. The molecule has 1 aromatic carbocycles. The number of aldehydes is 1. The second-order valence-electron chi connectivity index (χ2n) is 3.83. The van der Waals surface area contributed by atoms with Crippen LogP contribution in [0.15, 0.2) is 47.4 Å². The summed E-state index contributed by atoms with van der Waals surface area (Å²) in [6.07, 6.45) is 2.12. The Morgan fingerprint density at radius 3 is 2.78 bits per heavy atom. The van der Waals surface area contributed by atoms with E-state index in [9.17, 15) is 9.59 Å². The van der Waals surface area contributed by atoms with Gasteiger partial charge in [-0.25, -0.2) is 4.98 Å². The molecule has 0 atom stereocenters. The number of benzene rings is 1. The summed E-state index contributed by atoms with van der Waals surface area (Å²) in [5, 5.41) is 0. The van der Waals surface area contributed by atoms with Gasteiger partial charge in [0.2, 0.25) is 5.95 Å². The minimum atomic E-state index is -0.383. The molecule has 3 aromatic rings. The van der Waals surface area contributed by atoms with Crippen LogP contribution < -0.4 is 5.56 Å². The molecule has 0 saturated carbocycles. The Morgan fingerprint density at radius 1 is 1.17 bits per heavy atom. The molecule has 0 aliphatic rings. The molecule has 2 aromatic heterocycles. The highest BCUT2D eigenvalue weighted by Gasteiger charge is 2.07. The van der Waals surface area contributed by atoms with Crippen LogP contribution in [-0.4, -0.2) is 20.8 Å². The van der Waals surface area contributed by atoms with Crippen LogP contribution in [0, 0.1) is 0 Å². The topological polar surface area (TPSA) is 67.8 Å². The highest BCUT2D eigenvalue weighted by molar-refractivity contribution is 5.76. The van der Waals surface area contributed by atoms with Crippen LogP contribution >= 0.6 is 0 Å². The molecule has 2 heterocycles. The van der Waals surface area contributed by atoms with Gasteiger partial charge in [0.15, 0.2) is 6.29 Å². The van der Waals surface area contributed by atoms with Gasteiger partial charge >= 0.3 is 0 Å². The first-order valence-corrected chi connectivity index (χ1v) is 5.41. The predicted octanol–water partition coefficient (Wildman–Crippen LogP) is 1.53. The zero-order chi connectivity index (χ0) is 12.5. The smallest absolute Gasteiger partial charge is 0.268 e. The molecular formula is C13H9N3O2. The van der Waals surface area contributed by atoms with E-state index in [2.05, 4.69) is 9.97 Å². The molecule has 5 heteroatoms. The quantitative estimate of drug-likeness (QED) is 0.689. The average Bonchev–Trinajstić information content (AvgIpc) is 2.82. The maximum absolute atomic E-state index is 11.9. The lowest BCUT2D eigenvalue weighted by Crippen LogP contribution is -2.21. The van der Waals surface area contributed by atoms with Crippen LogP contribution in [0.1, 0.15) is 10.4 Å². The molecule has 0 radical (unpaired) electrons. The van der Waals surface area contributed by atoms with Gasteiger partial charge in [-0.05, 0) is 24.3 Å². The van der Waals surface area contributed by atoms with E-state index in [4.69, 9.17) is 0 Å². The summed E-state index contributed by atoms with van der Waals surface area (Å²) in [4.78, 5) is 30.0. The van der Waals surface area contributed by atoms with Gasteiger partial charge in [-0.1, -0.05) is 12.1 Å². The van der Waals surface area contributed by atoms with Crippen molar-refractivity contribution in [2.24, 2.45) is 0 Å². The fraction of sp³-hybridized carbons (Fsp3) is 0. The minimum absolute atomic E-state index is 0.109. The number of aromatic nitrogens is 3. The summed E-state index contributed by atoms with van der Waals surface area (Å²) in [5.41, 5.74) is 1.34. The number of carbonyl (C=O) groups is 1.